The first-order valence-electron chi connectivity index (χ1n) is 17.4. The third-order valence-electron chi connectivity index (χ3n) is 10.4. The first-order valence-corrected chi connectivity index (χ1v) is 18.1. The minimum Gasteiger partial charge on any atom is -0.271 e. The van der Waals surface area contributed by atoms with Crippen LogP contribution in [0.4, 0.5) is 0 Å². The summed E-state index contributed by atoms with van der Waals surface area (Å²) in [6.45, 7) is 4.43. The second-order valence-corrected chi connectivity index (χ2v) is 13.8. The normalized spacial score (nSPS) is 13.6. The van der Waals surface area contributed by atoms with Crippen LogP contribution in [0.5, 0.6) is 0 Å². The second-order valence-electron chi connectivity index (χ2n) is 13.2. The number of imide groups is 1. The SMILES string of the molecule is CCCCCCC(CCCCCC)N1C(=O)c2ccc3c4cccc5c(-c6cccc7nsnc67)ccc(c6ccc(c2c36)C1=O)c54. The number of hydrogen-bond acceptors (Lipinski definition) is 5. The molecule has 1 aliphatic heterocycles. The molecule has 47 heavy (non-hydrogen) atoms. The van der Waals surface area contributed by atoms with E-state index in [0.717, 1.165) is 98.4 Å². The first kappa shape index (κ1) is 29.9. The average molecular weight is 638 g/mol. The summed E-state index contributed by atoms with van der Waals surface area (Å²) in [6.07, 6.45) is 10.8. The molecule has 6 heteroatoms. The number of fused-ring (bicyclic) bond motifs is 3. The molecule has 0 spiro atoms. The molecule has 0 bridgehead atoms. The molecular formula is C41H39N3O2S. The van der Waals surface area contributed by atoms with Crippen LogP contribution in [0.3, 0.4) is 0 Å². The molecule has 0 aliphatic carbocycles. The van der Waals surface area contributed by atoms with Crippen molar-refractivity contribution in [3.05, 3.63) is 83.9 Å². The largest absolute Gasteiger partial charge is 0.271 e. The van der Waals surface area contributed by atoms with Gasteiger partial charge < -0.3 is 0 Å². The number of aromatic nitrogens is 2. The van der Waals surface area contributed by atoms with Crippen molar-refractivity contribution in [2.24, 2.45) is 0 Å². The number of unbranched alkanes of at least 4 members (excludes halogenated alkanes) is 6. The lowest BCUT2D eigenvalue weighted by atomic mass is 9.83. The van der Waals surface area contributed by atoms with Crippen molar-refractivity contribution in [2.75, 3.05) is 0 Å². The standard InChI is InChI=1S/C41H39N3O2S/c1-3-5-7-9-13-25(14-10-8-6-4-2)44-40(45)33-23-21-30-28-16-11-15-27-26(32-17-12-18-35-39(32)43-47-42-35)19-20-29(36(27)28)31-22-24-34(41(44)46)38(33)37(30)31/h11-12,15-25H,3-10,13-14H2,1-2H3. The van der Waals surface area contributed by atoms with Crippen LogP contribution in [-0.2, 0) is 0 Å². The Bertz CT molecular complexity index is 2220. The van der Waals surface area contributed by atoms with Crippen LogP contribution in [0.15, 0.2) is 72.8 Å². The minimum absolute atomic E-state index is 0.0653. The summed E-state index contributed by atoms with van der Waals surface area (Å²) >= 11 is 1.24. The van der Waals surface area contributed by atoms with Gasteiger partial charge in [0.1, 0.15) is 11.0 Å². The zero-order chi connectivity index (χ0) is 32.1. The second kappa shape index (κ2) is 12.3. The van der Waals surface area contributed by atoms with Crippen LogP contribution in [0.2, 0.25) is 0 Å². The molecule has 0 saturated carbocycles. The van der Waals surface area contributed by atoms with Gasteiger partial charge in [0.05, 0.1) is 11.7 Å². The van der Waals surface area contributed by atoms with Crippen molar-refractivity contribution < 1.29 is 9.59 Å². The van der Waals surface area contributed by atoms with Gasteiger partial charge in [-0.25, -0.2) is 0 Å². The number of benzene rings is 6. The Morgan fingerprint density at radius 2 is 1.13 bits per heavy atom. The van der Waals surface area contributed by atoms with Crippen LogP contribution in [-0.4, -0.2) is 31.5 Å². The van der Waals surface area contributed by atoms with Gasteiger partial charge in [0.2, 0.25) is 0 Å². The van der Waals surface area contributed by atoms with Crippen molar-refractivity contribution >= 4 is 77.7 Å². The fraction of sp³-hybridized carbons (Fsp3) is 0.317. The van der Waals surface area contributed by atoms with E-state index in [1.807, 2.05) is 24.3 Å². The van der Waals surface area contributed by atoms with Crippen LogP contribution in [0.25, 0.3) is 65.3 Å². The molecule has 0 radical (unpaired) electrons. The molecule has 8 rings (SSSR count). The van der Waals surface area contributed by atoms with E-state index in [1.54, 1.807) is 4.90 Å². The highest BCUT2D eigenvalue weighted by atomic mass is 32.1. The third kappa shape index (κ3) is 4.79. The summed E-state index contributed by atoms with van der Waals surface area (Å²) < 4.78 is 9.11. The molecule has 2 heterocycles. The van der Waals surface area contributed by atoms with E-state index in [9.17, 15) is 9.59 Å². The quantitative estimate of drug-likeness (QED) is 0.0579. The maximum Gasteiger partial charge on any atom is 0.261 e. The van der Waals surface area contributed by atoms with E-state index in [4.69, 9.17) is 0 Å². The smallest absolute Gasteiger partial charge is 0.261 e. The lowest BCUT2D eigenvalue weighted by molar-refractivity contribution is 0.0517. The Kier molecular flexibility index (Phi) is 7.84. The summed E-state index contributed by atoms with van der Waals surface area (Å²) in [5.41, 5.74) is 5.34. The van der Waals surface area contributed by atoms with Gasteiger partial charge in [-0.2, -0.15) is 8.75 Å². The summed E-state index contributed by atoms with van der Waals surface area (Å²) in [5, 5.41) is 8.59. The van der Waals surface area contributed by atoms with Crippen molar-refractivity contribution in [3.63, 3.8) is 0 Å². The van der Waals surface area contributed by atoms with Gasteiger partial charge in [0.25, 0.3) is 11.8 Å². The molecule has 6 aromatic carbocycles. The molecule has 0 unspecified atom stereocenters. The molecule has 7 aromatic rings. The van der Waals surface area contributed by atoms with Gasteiger partial charge in [0, 0.05) is 28.1 Å². The van der Waals surface area contributed by atoms with Gasteiger partial charge in [-0.1, -0.05) is 120 Å². The highest BCUT2D eigenvalue weighted by molar-refractivity contribution is 7.00. The van der Waals surface area contributed by atoms with Crippen LogP contribution >= 0.6 is 11.7 Å². The lowest BCUT2D eigenvalue weighted by Gasteiger charge is -2.34. The van der Waals surface area contributed by atoms with E-state index in [0.29, 0.717) is 11.1 Å². The molecule has 0 N–H and O–H groups in total. The molecule has 1 aliphatic rings. The summed E-state index contributed by atoms with van der Waals surface area (Å²) in [7, 11) is 0. The lowest BCUT2D eigenvalue weighted by Crippen LogP contribution is -2.47. The molecule has 236 valence electrons. The first-order chi connectivity index (χ1) is 23.1. The fourth-order valence-electron chi connectivity index (χ4n) is 8.11. The highest BCUT2D eigenvalue weighted by Crippen LogP contribution is 2.46. The topological polar surface area (TPSA) is 63.2 Å². The minimum atomic E-state index is -0.133. The number of amides is 2. The van der Waals surface area contributed by atoms with Gasteiger partial charge >= 0.3 is 0 Å². The van der Waals surface area contributed by atoms with E-state index in [2.05, 4.69) is 71.1 Å². The molecule has 2 amide bonds. The maximum absolute atomic E-state index is 14.4. The molecular weight excluding hydrogens is 599 g/mol. The van der Waals surface area contributed by atoms with Crippen molar-refractivity contribution in [1.29, 1.82) is 0 Å². The molecule has 0 fully saturated rings. The molecule has 5 nitrogen and oxygen atoms in total. The van der Waals surface area contributed by atoms with Gasteiger partial charge in [0.15, 0.2) is 0 Å². The zero-order valence-corrected chi connectivity index (χ0v) is 28.0. The van der Waals surface area contributed by atoms with E-state index in [-0.39, 0.29) is 17.9 Å². The third-order valence-corrected chi connectivity index (χ3v) is 10.9. The van der Waals surface area contributed by atoms with E-state index < -0.39 is 0 Å². The number of carbonyl (C=O) groups excluding carboxylic acids is 2. The van der Waals surface area contributed by atoms with E-state index in [1.165, 1.54) is 42.8 Å². The van der Waals surface area contributed by atoms with Crippen molar-refractivity contribution in [3.8, 4) is 11.1 Å². The predicted molar refractivity (Wildman–Crippen MR) is 196 cm³/mol. The van der Waals surface area contributed by atoms with E-state index >= 15 is 0 Å². The molecule has 0 saturated heterocycles. The van der Waals surface area contributed by atoms with Gasteiger partial charge in [-0.15, -0.1) is 0 Å². The van der Waals surface area contributed by atoms with Crippen LogP contribution < -0.4 is 0 Å². The van der Waals surface area contributed by atoms with Crippen molar-refractivity contribution in [1.82, 2.24) is 13.6 Å². The number of rotatable bonds is 12. The van der Waals surface area contributed by atoms with Gasteiger partial charge in [-0.05, 0) is 74.3 Å². The average Bonchev–Trinajstić information content (AvgIpc) is 3.59. The number of carbonyl (C=O) groups is 2. The summed E-state index contributed by atoms with van der Waals surface area (Å²) in [5.74, 6) is -0.266. The molecule has 1 aromatic heterocycles. The van der Waals surface area contributed by atoms with Crippen molar-refractivity contribution in [2.45, 2.75) is 84.1 Å². The summed E-state index contributed by atoms with van der Waals surface area (Å²) in [4.78, 5) is 30.4. The highest BCUT2D eigenvalue weighted by Gasteiger charge is 2.38. The maximum atomic E-state index is 14.4. The zero-order valence-electron chi connectivity index (χ0n) is 27.1. The Balaban J connectivity index is 1.28. The number of hydrogen-bond donors (Lipinski definition) is 0. The molecule has 0 atom stereocenters. The predicted octanol–water partition coefficient (Wildman–Crippen LogP) is 11.3. The summed E-state index contributed by atoms with van der Waals surface area (Å²) in [6, 6.07) is 25.2. The number of nitrogens with zero attached hydrogens (tertiary/aromatic N) is 3. The van der Waals surface area contributed by atoms with Gasteiger partial charge in [-0.3, -0.25) is 14.5 Å². The Morgan fingerprint density at radius 3 is 1.79 bits per heavy atom. The Labute approximate surface area is 279 Å². The van der Waals surface area contributed by atoms with Crippen LogP contribution in [0, 0.1) is 0 Å². The Morgan fingerprint density at radius 1 is 0.553 bits per heavy atom. The fourth-order valence-corrected chi connectivity index (χ4v) is 8.66. The Hall–Kier alpha value is -4.42. The monoisotopic (exact) mass is 637 g/mol. The van der Waals surface area contributed by atoms with Crippen LogP contribution in [0.1, 0.15) is 98.8 Å².